The summed E-state index contributed by atoms with van der Waals surface area (Å²) in [6.07, 6.45) is 17.5. The molecule has 0 bridgehead atoms. The van der Waals surface area contributed by atoms with E-state index in [4.69, 9.17) is 4.74 Å². The van der Waals surface area contributed by atoms with E-state index in [1.54, 1.807) is 32.1 Å². The molecule has 4 saturated carbocycles. The Morgan fingerprint density at radius 2 is 1.11 bits per heavy atom. The Kier molecular flexibility index (Phi) is 3.14. The lowest BCUT2D eigenvalue weighted by Gasteiger charge is -2.31. The molecule has 4 fully saturated rings. The summed E-state index contributed by atoms with van der Waals surface area (Å²) in [5.41, 5.74) is 0. The summed E-state index contributed by atoms with van der Waals surface area (Å²) in [6, 6.07) is 0. The van der Waals surface area contributed by atoms with Crippen molar-refractivity contribution in [3.63, 3.8) is 0 Å². The molecule has 0 aromatic rings. The molecule has 18 heavy (non-hydrogen) atoms. The quantitative estimate of drug-likeness (QED) is 0.709. The Bertz CT molecular complexity index is 292. The maximum Gasteiger partial charge on any atom is 0.0581 e. The molecule has 0 aliphatic heterocycles. The van der Waals surface area contributed by atoms with Crippen LogP contribution in [0, 0.1) is 23.7 Å². The van der Waals surface area contributed by atoms with Crippen LogP contribution in [-0.2, 0) is 4.74 Å². The molecular weight excluding hydrogens is 220 g/mol. The van der Waals surface area contributed by atoms with Gasteiger partial charge in [0.25, 0.3) is 0 Å². The summed E-state index contributed by atoms with van der Waals surface area (Å²) in [5.74, 6) is 4.35. The highest BCUT2D eigenvalue weighted by molar-refractivity contribution is 4.91. The molecule has 4 aliphatic carbocycles. The normalized spacial score (nSPS) is 45.3. The highest BCUT2D eigenvalue weighted by atomic mass is 16.5. The summed E-state index contributed by atoms with van der Waals surface area (Å²) >= 11 is 0. The predicted molar refractivity (Wildman–Crippen MR) is 73.4 cm³/mol. The van der Waals surface area contributed by atoms with E-state index < -0.39 is 0 Å². The maximum absolute atomic E-state index is 6.12. The van der Waals surface area contributed by atoms with Crippen molar-refractivity contribution < 1.29 is 4.74 Å². The van der Waals surface area contributed by atoms with Crippen LogP contribution in [0.25, 0.3) is 0 Å². The summed E-state index contributed by atoms with van der Waals surface area (Å²) in [6.45, 7) is 0. The van der Waals surface area contributed by atoms with Gasteiger partial charge in [0, 0.05) is 0 Å². The van der Waals surface area contributed by atoms with Gasteiger partial charge in [-0.1, -0.05) is 19.3 Å². The van der Waals surface area contributed by atoms with Crippen LogP contribution in [0.5, 0.6) is 0 Å². The van der Waals surface area contributed by atoms with Gasteiger partial charge in [0.1, 0.15) is 0 Å². The molecule has 0 N–H and O–H groups in total. The van der Waals surface area contributed by atoms with Crippen LogP contribution in [0.3, 0.4) is 0 Å². The molecule has 1 heteroatoms. The molecule has 0 saturated heterocycles. The summed E-state index contributed by atoms with van der Waals surface area (Å²) < 4.78 is 6.12. The molecule has 4 atom stereocenters. The lowest BCUT2D eigenvalue weighted by atomic mass is 9.74. The van der Waals surface area contributed by atoms with E-state index >= 15 is 0 Å². The lowest BCUT2D eigenvalue weighted by molar-refractivity contribution is 0.0402. The van der Waals surface area contributed by atoms with Crippen molar-refractivity contribution >= 4 is 0 Å². The number of hydrogen-bond donors (Lipinski definition) is 0. The molecule has 0 radical (unpaired) electrons. The minimum atomic E-state index is 0.644. The summed E-state index contributed by atoms with van der Waals surface area (Å²) in [7, 11) is 0. The first-order valence-corrected chi connectivity index (χ1v) is 8.54. The van der Waals surface area contributed by atoms with E-state index in [0.717, 1.165) is 23.7 Å². The number of ether oxygens (including phenoxy) is 1. The third kappa shape index (κ3) is 2.35. The number of rotatable bonds is 4. The van der Waals surface area contributed by atoms with Gasteiger partial charge in [0.15, 0.2) is 0 Å². The predicted octanol–water partition coefficient (Wildman–Crippen LogP) is 4.55. The van der Waals surface area contributed by atoms with Gasteiger partial charge in [-0.05, 0) is 75.0 Å². The van der Waals surface area contributed by atoms with Crippen LogP contribution in [0.1, 0.15) is 70.6 Å². The average molecular weight is 248 g/mol. The molecule has 0 aromatic carbocycles. The van der Waals surface area contributed by atoms with Crippen molar-refractivity contribution in [1.82, 2.24) is 0 Å². The van der Waals surface area contributed by atoms with Crippen molar-refractivity contribution in [2.45, 2.75) is 82.8 Å². The van der Waals surface area contributed by atoms with Crippen LogP contribution < -0.4 is 0 Å². The van der Waals surface area contributed by atoms with Gasteiger partial charge < -0.3 is 4.74 Å². The van der Waals surface area contributed by atoms with Gasteiger partial charge in [0.05, 0.1) is 12.2 Å². The number of hydrogen-bond acceptors (Lipinski definition) is 1. The zero-order valence-corrected chi connectivity index (χ0v) is 11.7. The van der Waals surface area contributed by atoms with Gasteiger partial charge >= 0.3 is 0 Å². The molecule has 0 spiro atoms. The fourth-order valence-corrected chi connectivity index (χ4v) is 4.82. The van der Waals surface area contributed by atoms with Crippen molar-refractivity contribution in [3.05, 3.63) is 0 Å². The van der Waals surface area contributed by atoms with Gasteiger partial charge in [-0.3, -0.25) is 0 Å². The van der Waals surface area contributed by atoms with Gasteiger partial charge in [-0.2, -0.15) is 0 Å². The zero-order chi connectivity index (χ0) is 11.9. The minimum Gasteiger partial charge on any atom is -0.375 e. The summed E-state index contributed by atoms with van der Waals surface area (Å²) in [5, 5.41) is 0. The first kappa shape index (κ1) is 11.8. The maximum atomic E-state index is 6.12. The smallest absolute Gasteiger partial charge is 0.0581 e. The van der Waals surface area contributed by atoms with Crippen LogP contribution in [0.4, 0.5) is 0 Å². The molecule has 0 heterocycles. The Morgan fingerprint density at radius 3 is 1.78 bits per heavy atom. The fourth-order valence-electron chi connectivity index (χ4n) is 4.82. The third-order valence-electron chi connectivity index (χ3n) is 6.33. The standard InChI is InChI=1S/C17H28O/c1-2-12(3-1)13-4-5-14(10-13)15-6-7-17(11-15)18-16-8-9-16/h12-17H,1-11H2. The van der Waals surface area contributed by atoms with Gasteiger partial charge in [0.2, 0.25) is 0 Å². The Balaban J connectivity index is 1.26. The highest BCUT2D eigenvalue weighted by Crippen LogP contribution is 2.49. The first-order valence-electron chi connectivity index (χ1n) is 8.54. The van der Waals surface area contributed by atoms with Crippen LogP contribution >= 0.6 is 0 Å². The topological polar surface area (TPSA) is 9.23 Å². The molecule has 1 nitrogen and oxygen atoms in total. The van der Waals surface area contributed by atoms with Gasteiger partial charge in [-0.15, -0.1) is 0 Å². The van der Waals surface area contributed by atoms with E-state index in [2.05, 4.69) is 0 Å². The van der Waals surface area contributed by atoms with Gasteiger partial charge in [-0.25, -0.2) is 0 Å². The Labute approximate surface area is 112 Å². The van der Waals surface area contributed by atoms with E-state index in [1.807, 2.05) is 0 Å². The Hall–Kier alpha value is -0.0400. The van der Waals surface area contributed by atoms with E-state index in [1.165, 1.54) is 38.5 Å². The van der Waals surface area contributed by atoms with E-state index in [0.29, 0.717) is 12.2 Å². The lowest BCUT2D eigenvalue weighted by Crippen LogP contribution is -2.20. The second-order valence-electron chi connectivity index (χ2n) is 7.55. The van der Waals surface area contributed by atoms with E-state index in [9.17, 15) is 0 Å². The third-order valence-corrected chi connectivity index (χ3v) is 6.33. The highest BCUT2D eigenvalue weighted by Gasteiger charge is 2.40. The Morgan fingerprint density at radius 1 is 0.500 bits per heavy atom. The largest absolute Gasteiger partial charge is 0.375 e. The van der Waals surface area contributed by atoms with E-state index in [-0.39, 0.29) is 0 Å². The minimum absolute atomic E-state index is 0.644. The van der Waals surface area contributed by atoms with Crippen LogP contribution in [0.2, 0.25) is 0 Å². The second kappa shape index (κ2) is 4.81. The average Bonchev–Trinajstić information content (AvgIpc) is 2.80. The van der Waals surface area contributed by atoms with Crippen molar-refractivity contribution in [2.75, 3.05) is 0 Å². The zero-order valence-electron chi connectivity index (χ0n) is 11.7. The van der Waals surface area contributed by atoms with Crippen molar-refractivity contribution in [2.24, 2.45) is 23.7 Å². The molecule has 102 valence electrons. The summed E-state index contributed by atoms with van der Waals surface area (Å²) in [4.78, 5) is 0. The fraction of sp³-hybridized carbons (Fsp3) is 1.00. The van der Waals surface area contributed by atoms with Crippen molar-refractivity contribution in [3.8, 4) is 0 Å². The monoisotopic (exact) mass is 248 g/mol. The molecule has 4 aliphatic rings. The molecule has 4 unspecified atom stereocenters. The molecule has 0 amide bonds. The van der Waals surface area contributed by atoms with Crippen LogP contribution in [-0.4, -0.2) is 12.2 Å². The molecule has 4 rings (SSSR count). The second-order valence-corrected chi connectivity index (χ2v) is 7.55. The van der Waals surface area contributed by atoms with Crippen LogP contribution in [0.15, 0.2) is 0 Å². The first-order chi connectivity index (χ1) is 8.88. The van der Waals surface area contributed by atoms with Crippen molar-refractivity contribution in [1.29, 1.82) is 0 Å². The SMILES string of the molecule is C1CC(C2CCC(C3CCC(OC4CC4)C3)C2)C1. The molecular formula is C17H28O. The molecule has 0 aromatic heterocycles.